The summed E-state index contributed by atoms with van der Waals surface area (Å²) < 4.78 is 11.0. The minimum Gasteiger partial charge on any atom is -0.497 e. The van der Waals surface area contributed by atoms with Crippen LogP contribution in [0, 0.1) is 5.92 Å². The number of hydrogen-bond acceptors (Lipinski definition) is 4. The van der Waals surface area contributed by atoms with Crippen LogP contribution in [-0.4, -0.2) is 32.2 Å². The van der Waals surface area contributed by atoms with Crippen molar-refractivity contribution < 1.29 is 14.3 Å². The molecule has 0 saturated carbocycles. The van der Waals surface area contributed by atoms with E-state index in [1.807, 2.05) is 53.4 Å². The maximum Gasteiger partial charge on any atom is 0.237 e. The summed E-state index contributed by atoms with van der Waals surface area (Å²) in [6.45, 7) is 0. The number of nitrogens with zero attached hydrogens (tertiary/aromatic N) is 1. The van der Waals surface area contributed by atoms with Gasteiger partial charge in [-0.25, -0.2) is 0 Å². The van der Waals surface area contributed by atoms with Gasteiger partial charge in [-0.05, 0) is 77.1 Å². The molecule has 5 heteroatoms. The molecule has 5 unspecified atom stereocenters. The van der Waals surface area contributed by atoms with E-state index in [9.17, 15) is 4.79 Å². The van der Waals surface area contributed by atoms with E-state index in [-0.39, 0.29) is 29.8 Å². The number of β-lactam (4-membered cyclic amide) rings is 1. The van der Waals surface area contributed by atoms with E-state index in [1.165, 1.54) is 16.7 Å². The van der Waals surface area contributed by atoms with Crippen LogP contribution in [0.2, 0.25) is 0 Å². The Balaban J connectivity index is 1.36. The van der Waals surface area contributed by atoms with Crippen LogP contribution in [0.25, 0.3) is 0 Å². The molecule has 5 atom stereocenters. The Labute approximate surface area is 223 Å². The van der Waals surface area contributed by atoms with Gasteiger partial charge in [0.2, 0.25) is 5.91 Å². The molecule has 2 heterocycles. The van der Waals surface area contributed by atoms with Crippen molar-refractivity contribution in [2.24, 2.45) is 5.92 Å². The monoisotopic (exact) mass is 502 g/mol. The van der Waals surface area contributed by atoms with Gasteiger partial charge in [-0.3, -0.25) is 4.79 Å². The molecule has 1 N–H and O–H groups in total. The summed E-state index contributed by atoms with van der Waals surface area (Å²) in [5, 5.41) is 3.92. The van der Waals surface area contributed by atoms with Crippen LogP contribution in [0.4, 0.5) is 11.4 Å². The van der Waals surface area contributed by atoms with Crippen molar-refractivity contribution in [2.45, 2.75) is 30.3 Å². The van der Waals surface area contributed by atoms with Crippen molar-refractivity contribution in [2.75, 3.05) is 24.4 Å². The Morgan fingerprint density at radius 1 is 0.763 bits per heavy atom. The summed E-state index contributed by atoms with van der Waals surface area (Å²) in [6, 6.07) is 33.3. The van der Waals surface area contributed by atoms with Gasteiger partial charge in [-0.2, -0.15) is 0 Å². The summed E-state index contributed by atoms with van der Waals surface area (Å²) in [4.78, 5) is 15.9. The van der Waals surface area contributed by atoms with Crippen LogP contribution in [-0.2, 0) is 11.2 Å². The Morgan fingerprint density at radius 2 is 1.47 bits per heavy atom. The van der Waals surface area contributed by atoms with Crippen molar-refractivity contribution in [3.63, 3.8) is 0 Å². The maximum absolute atomic E-state index is 13.9. The van der Waals surface area contributed by atoms with Gasteiger partial charge in [-0.15, -0.1) is 0 Å². The number of amides is 1. The van der Waals surface area contributed by atoms with E-state index in [0.29, 0.717) is 5.92 Å². The Morgan fingerprint density at radius 3 is 2.24 bits per heavy atom. The number of anilines is 2. The molecule has 1 fully saturated rings. The molecule has 0 aromatic heterocycles. The molecule has 4 aromatic rings. The highest BCUT2D eigenvalue weighted by molar-refractivity contribution is 6.07. The maximum atomic E-state index is 13.9. The van der Waals surface area contributed by atoms with Gasteiger partial charge in [0.1, 0.15) is 11.5 Å². The normalized spacial score (nSPS) is 24.9. The molecule has 1 amide bonds. The molecule has 7 rings (SSSR count). The van der Waals surface area contributed by atoms with Crippen LogP contribution in [0.3, 0.4) is 0 Å². The molecule has 0 spiro atoms. The third-order valence-electron chi connectivity index (χ3n) is 8.67. The fourth-order valence-electron chi connectivity index (χ4n) is 6.96. The number of methoxy groups -OCH3 is 2. The second-order valence-corrected chi connectivity index (χ2v) is 10.5. The SMILES string of the molecule is COc1ccc(N2C(=O)C(c3ccccc3)C2C2Nc3ccc(OC)cc3C3c4ccccc4CC32)cc1. The van der Waals surface area contributed by atoms with Crippen LogP contribution < -0.4 is 19.7 Å². The smallest absolute Gasteiger partial charge is 0.237 e. The standard InChI is InChI=1S/C33H30N2O3/c1-37-23-14-12-22(13-15-23)35-32(29(33(35)36)20-8-4-3-5-9-20)31-27-18-21-10-6-7-11-25(21)30(27)26-19-24(38-2)16-17-28(26)34-31/h3-17,19,27,29-32,34H,18H2,1-2H3. The minimum absolute atomic E-state index is 0.0321. The first-order chi connectivity index (χ1) is 18.7. The second-order valence-electron chi connectivity index (χ2n) is 10.5. The van der Waals surface area contributed by atoms with Gasteiger partial charge in [0.25, 0.3) is 0 Å². The van der Waals surface area contributed by atoms with Crippen LogP contribution in [0.15, 0.2) is 97.1 Å². The zero-order valence-corrected chi connectivity index (χ0v) is 21.5. The van der Waals surface area contributed by atoms with Gasteiger partial charge < -0.3 is 19.7 Å². The number of fused-ring (bicyclic) bond motifs is 5. The lowest BCUT2D eigenvalue weighted by atomic mass is 9.68. The minimum atomic E-state index is -0.208. The topological polar surface area (TPSA) is 50.8 Å². The third-order valence-corrected chi connectivity index (χ3v) is 8.67. The molecule has 1 aliphatic carbocycles. The second kappa shape index (κ2) is 8.95. The van der Waals surface area contributed by atoms with Gasteiger partial charge in [0.05, 0.1) is 32.2 Å². The quantitative estimate of drug-likeness (QED) is 0.340. The number of hydrogen-bond donors (Lipinski definition) is 1. The van der Waals surface area contributed by atoms with Gasteiger partial charge >= 0.3 is 0 Å². The first-order valence-corrected chi connectivity index (χ1v) is 13.2. The third kappa shape index (κ3) is 3.42. The molecule has 190 valence electrons. The fraction of sp³-hybridized carbons (Fsp3) is 0.242. The van der Waals surface area contributed by atoms with Gasteiger partial charge in [0, 0.05) is 17.3 Å². The molecule has 2 aliphatic heterocycles. The lowest BCUT2D eigenvalue weighted by molar-refractivity contribution is -0.127. The largest absolute Gasteiger partial charge is 0.497 e. The predicted molar refractivity (Wildman–Crippen MR) is 149 cm³/mol. The summed E-state index contributed by atoms with van der Waals surface area (Å²) in [6.07, 6.45) is 0.970. The number of carbonyl (C=O) groups excluding carboxylic acids is 1. The van der Waals surface area contributed by atoms with Gasteiger partial charge in [-0.1, -0.05) is 54.6 Å². The highest BCUT2D eigenvalue weighted by Crippen LogP contribution is 2.54. The predicted octanol–water partition coefficient (Wildman–Crippen LogP) is 6.00. The number of nitrogens with one attached hydrogen (secondary N) is 1. The molecule has 3 aliphatic rings. The van der Waals surface area contributed by atoms with E-state index in [4.69, 9.17) is 9.47 Å². The molecule has 0 radical (unpaired) electrons. The highest BCUT2D eigenvalue weighted by atomic mass is 16.5. The summed E-state index contributed by atoms with van der Waals surface area (Å²) in [5.41, 5.74) is 7.14. The van der Waals surface area contributed by atoms with Crippen molar-refractivity contribution in [1.29, 1.82) is 0 Å². The first kappa shape index (κ1) is 22.9. The van der Waals surface area contributed by atoms with Crippen molar-refractivity contribution >= 4 is 17.3 Å². The Kier molecular flexibility index (Phi) is 5.39. The van der Waals surface area contributed by atoms with Crippen LogP contribution in [0.1, 0.15) is 34.1 Å². The summed E-state index contributed by atoms with van der Waals surface area (Å²) >= 11 is 0. The average molecular weight is 503 g/mol. The number of carbonyl (C=O) groups is 1. The Bertz CT molecular complexity index is 1500. The molecule has 38 heavy (non-hydrogen) atoms. The highest BCUT2D eigenvalue weighted by Gasteiger charge is 2.57. The molecule has 4 aromatic carbocycles. The Hall–Kier alpha value is -4.25. The molecular formula is C33H30N2O3. The number of rotatable bonds is 5. The lowest BCUT2D eigenvalue weighted by Gasteiger charge is -2.54. The number of ether oxygens (including phenoxy) is 2. The molecular weight excluding hydrogens is 472 g/mol. The van der Waals surface area contributed by atoms with Crippen molar-refractivity contribution in [3.05, 3.63) is 119 Å². The van der Waals surface area contributed by atoms with E-state index in [1.54, 1.807) is 14.2 Å². The number of benzene rings is 4. The van der Waals surface area contributed by atoms with Crippen molar-refractivity contribution in [3.8, 4) is 11.5 Å². The lowest BCUT2D eigenvalue weighted by Crippen LogP contribution is -2.68. The molecule has 5 nitrogen and oxygen atoms in total. The first-order valence-electron chi connectivity index (χ1n) is 13.2. The van der Waals surface area contributed by atoms with E-state index >= 15 is 0 Å². The average Bonchev–Trinajstić information content (AvgIpc) is 3.36. The van der Waals surface area contributed by atoms with Crippen LogP contribution in [0.5, 0.6) is 11.5 Å². The molecule has 0 bridgehead atoms. The van der Waals surface area contributed by atoms with Crippen LogP contribution >= 0.6 is 0 Å². The zero-order chi connectivity index (χ0) is 25.8. The van der Waals surface area contributed by atoms with E-state index in [2.05, 4.69) is 53.8 Å². The fourth-order valence-corrected chi connectivity index (χ4v) is 6.96. The summed E-state index contributed by atoms with van der Waals surface area (Å²) in [7, 11) is 3.38. The van der Waals surface area contributed by atoms with Crippen molar-refractivity contribution in [1.82, 2.24) is 0 Å². The van der Waals surface area contributed by atoms with Gasteiger partial charge in [0.15, 0.2) is 0 Å². The molecule has 1 saturated heterocycles. The van der Waals surface area contributed by atoms with E-state index in [0.717, 1.165) is 34.9 Å². The zero-order valence-electron chi connectivity index (χ0n) is 21.5. The summed E-state index contributed by atoms with van der Waals surface area (Å²) in [5.74, 6) is 2.13. The van der Waals surface area contributed by atoms with E-state index < -0.39 is 0 Å².